The van der Waals surface area contributed by atoms with Crippen LogP contribution in [0.1, 0.15) is 35.4 Å². The number of nitrogens with one attached hydrogen (secondary N) is 1. The number of hydrogen-bond donors (Lipinski definition) is 2. The van der Waals surface area contributed by atoms with Gasteiger partial charge in [0.1, 0.15) is 6.10 Å². The number of aromatic nitrogens is 2. The summed E-state index contributed by atoms with van der Waals surface area (Å²) >= 11 is 0. The molecule has 1 aliphatic rings. The molecule has 6 heteroatoms. The highest BCUT2D eigenvalue weighted by Gasteiger charge is 2.29. The first-order chi connectivity index (χ1) is 12.1. The third-order valence-corrected chi connectivity index (χ3v) is 4.81. The van der Waals surface area contributed by atoms with Gasteiger partial charge in [-0.3, -0.25) is 9.48 Å². The fourth-order valence-electron chi connectivity index (χ4n) is 3.26. The second-order valence-electron chi connectivity index (χ2n) is 6.57. The number of carbonyl (C=O) groups is 1. The highest BCUT2D eigenvalue weighted by Crippen LogP contribution is 2.20. The van der Waals surface area contributed by atoms with E-state index in [0.29, 0.717) is 13.1 Å². The van der Waals surface area contributed by atoms with E-state index in [1.165, 1.54) is 5.56 Å². The van der Waals surface area contributed by atoms with Gasteiger partial charge in [-0.2, -0.15) is 5.10 Å². The van der Waals surface area contributed by atoms with Gasteiger partial charge < -0.3 is 15.8 Å². The molecule has 1 aliphatic heterocycles. The molecule has 134 valence electrons. The minimum Gasteiger partial charge on any atom is -0.364 e. The number of nitrogens with zero attached hydrogens (tertiary/aromatic N) is 2. The summed E-state index contributed by atoms with van der Waals surface area (Å²) in [5, 5.41) is 7.61. The van der Waals surface area contributed by atoms with Crippen molar-refractivity contribution in [3.63, 3.8) is 0 Å². The Morgan fingerprint density at radius 3 is 2.76 bits per heavy atom. The van der Waals surface area contributed by atoms with Crippen LogP contribution in [0.3, 0.4) is 0 Å². The van der Waals surface area contributed by atoms with Gasteiger partial charge in [0.2, 0.25) is 5.91 Å². The van der Waals surface area contributed by atoms with E-state index >= 15 is 0 Å². The molecular weight excluding hydrogens is 316 g/mol. The van der Waals surface area contributed by atoms with Crippen molar-refractivity contribution in [3.05, 3.63) is 52.8 Å². The minimum atomic E-state index is -0.381. The normalized spacial score (nSPS) is 20.0. The average Bonchev–Trinajstić information content (AvgIpc) is 3.20. The summed E-state index contributed by atoms with van der Waals surface area (Å²) in [6.07, 6.45) is 1.21. The first-order valence-electron chi connectivity index (χ1n) is 8.78. The fourth-order valence-corrected chi connectivity index (χ4v) is 3.26. The lowest BCUT2D eigenvalue weighted by Crippen LogP contribution is -2.35. The molecular formula is C19H26N4O2. The van der Waals surface area contributed by atoms with Crippen LogP contribution in [-0.2, 0) is 22.6 Å². The second-order valence-corrected chi connectivity index (χ2v) is 6.57. The van der Waals surface area contributed by atoms with Crippen LogP contribution in [0.5, 0.6) is 0 Å². The van der Waals surface area contributed by atoms with Gasteiger partial charge in [0, 0.05) is 24.3 Å². The molecule has 0 saturated carbocycles. The van der Waals surface area contributed by atoms with Crippen molar-refractivity contribution in [1.29, 1.82) is 0 Å². The Labute approximate surface area is 148 Å². The quantitative estimate of drug-likeness (QED) is 0.837. The van der Waals surface area contributed by atoms with E-state index in [1.54, 1.807) is 0 Å². The number of carbonyl (C=O) groups excluding carboxylic acids is 1. The van der Waals surface area contributed by atoms with Gasteiger partial charge in [0.05, 0.1) is 18.3 Å². The van der Waals surface area contributed by atoms with Crippen molar-refractivity contribution in [1.82, 2.24) is 15.1 Å². The first-order valence-corrected chi connectivity index (χ1v) is 8.78. The summed E-state index contributed by atoms with van der Waals surface area (Å²) in [6, 6.07) is 10.2. The van der Waals surface area contributed by atoms with Crippen LogP contribution in [0.4, 0.5) is 0 Å². The van der Waals surface area contributed by atoms with Crippen molar-refractivity contribution in [2.45, 2.75) is 52.0 Å². The van der Waals surface area contributed by atoms with E-state index in [1.807, 2.05) is 36.7 Å². The molecule has 1 saturated heterocycles. The summed E-state index contributed by atoms with van der Waals surface area (Å²) in [5.74, 6) is -0.0643. The van der Waals surface area contributed by atoms with Crippen LogP contribution in [0.15, 0.2) is 30.3 Å². The molecule has 3 rings (SSSR count). The highest BCUT2D eigenvalue weighted by atomic mass is 16.5. The lowest BCUT2D eigenvalue weighted by Gasteiger charge is -2.13. The summed E-state index contributed by atoms with van der Waals surface area (Å²) in [7, 11) is 0. The monoisotopic (exact) mass is 342 g/mol. The van der Waals surface area contributed by atoms with Crippen molar-refractivity contribution >= 4 is 5.91 Å². The maximum Gasteiger partial charge on any atom is 0.249 e. The number of benzene rings is 1. The number of amides is 1. The van der Waals surface area contributed by atoms with E-state index in [2.05, 4.69) is 22.5 Å². The zero-order valence-electron chi connectivity index (χ0n) is 14.9. The standard InChI is InChI=1S/C19H26N4O2/c1-13-17(11-21-19(24)18-9-8-16(10-20)25-18)14(2)23(22-13)12-15-6-4-3-5-7-15/h3-7,16,18H,8-12,20H2,1-2H3,(H,21,24)/t16-,18+/m1/s1. The Hall–Kier alpha value is -2.18. The molecule has 1 fully saturated rings. The first kappa shape index (κ1) is 17.6. The average molecular weight is 342 g/mol. The summed E-state index contributed by atoms with van der Waals surface area (Å²) in [5.41, 5.74) is 9.89. The molecule has 0 bridgehead atoms. The van der Waals surface area contributed by atoms with Crippen LogP contribution < -0.4 is 11.1 Å². The summed E-state index contributed by atoms with van der Waals surface area (Å²) in [6.45, 7) is 5.69. The maximum absolute atomic E-state index is 12.3. The number of ether oxygens (including phenoxy) is 1. The predicted octanol–water partition coefficient (Wildman–Crippen LogP) is 1.67. The molecule has 0 unspecified atom stereocenters. The number of rotatable bonds is 6. The van der Waals surface area contributed by atoms with E-state index < -0.39 is 0 Å². The fraction of sp³-hybridized carbons (Fsp3) is 0.474. The van der Waals surface area contributed by atoms with Crippen molar-refractivity contribution in [2.24, 2.45) is 5.73 Å². The van der Waals surface area contributed by atoms with Gasteiger partial charge in [0.25, 0.3) is 0 Å². The Morgan fingerprint density at radius 1 is 1.32 bits per heavy atom. The van der Waals surface area contributed by atoms with Gasteiger partial charge in [-0.1, -0.05) is 30.3 Å². The Kier molecular flexibility index (Phi) is 5.50. The molecule has 0 aliphatic carbocycles. The third kappa shape index (κ3) is 4.08. The SMILES string of the molecule is Cc1nn(Cc2ccccc2)c(C)c1CNC(=O)[C@@H]1CC[C@H](CN)O1. The molecule has 1 amide bonds. The molecule has 6 nitrogen and oxygen atoms in total. The molecule has 0 spiro atoms. The summed E-state index contributed by atoms with van der Waals surface area (Å²) in [4.78, 5) is 12.3. The molecule has 1 aromatic carbocycles. The van der Waals surface area contributed by atoms with E-state index in [4.69, 9.17) is 10.5 Å². The van der Waals surface area contributed by atoms with Gasteiger partial charge in [-0.05, 0) is 32.3 Å². The van der Waals surface area contributed by atoms with Crippen LogP contribution in [-0.4, -0.2) is 34.4 Å². The number of aryl methyl sites for hydroxylation is 1. The van der Waals surface area contributed by atoms with E-state index in [-0.39, 0.29) is 18.1 Å². The van der Waals surface area contributed by atoms with E-state index in [9.17, 15) is 4.79 Å². The van der Waals surface area contributed by atoms with Gasteiger partial charge in [-0.25, -0.2) is 0 Å². The number of nitrogens with two attached hydrogens (primary N) is 1. The van der Waals surface area contributed by atoms with Crippen LogP contribution in [0.25, 0.3) is 0 Å². The summed E-state index contributed by atoms with van der Waals surface area (Å²) < 4.78 is 7.64. The topological polar surface area (TPSA) is 82.2 Å². The number of hydrogen-bond acceptors (Lipinski definition) is 4. The molecule has 2 atom stereocenters. The van der Waals surface area contributed by atoms with Gasteiger partial charge >= 0.3 is 0 Å². The van der Waals surface area contributed by atoms with Gasteiger partial charge in [0.15, 0.2) is 0 Å². The Morgan fingerprint density at radius 2 is 2.08 bits per heavy atom. The molecule has 2 aromatic rings. The van der Waals surface area contributed by atoms with Crippen LogP contribution in [0.2, 0.25) is 0 Å². The largest absolute Gasteiger partial charge is 0.364 e. The van der Waals surface area contributed by atoms with Crippen LogP contribution in [0, 0.1) is 13.8 Å². The van der Waals surface area contributed by atoms with Crippen LogP contribution >= 0.6 is 0 Å². The molecule has 2 heterocycles. The van der Waals surface area contributed by atoms with Crippen molar-refractivity contribution < 1.29 is 9.53 Å². The molecule has 3 N–H and O–H groups in total. The Bertz CT molecular complexity index is 727. The van der Waals surface area contributed by atoms with Crippen molar-refractivity contribution in [3.8, 4) is 0 Å². The predicted molar refractivity (Wildman–Crippen MR) is 96.0 cm³/mol. The minimum absolute atomic E-state index is 0.00726. The second kappa shape index (κ2) is 7.80. The smallest absolute Gasteiger partial charge is 0.249 e. The van der Waals surface area contributed by atoms with Crippen molar-refractivity contribution in [2.75, 3.05) is 6.54 Å². The third-order valence-electron chi connectivity index (χ3n) is 4.81. The molecule has 1 aromatic heterocycles. The zero-order valence-corrected chi connectivity index (χ0v) is 14.9. The lowest BCUT2D eigenvalue weighted by molar-refractivity contribution is -0.132. The molecule has 25 heavy (non-hydrogen) atoms. The lowest BCUT2D eigenvalue weighted by atomic mass is 10.1. The zero-order chi connectivity index (χ0) is 17.8. The van der Waals surface area contributed by atoms with Gasteiger partial charge in [-0.15, -0.1) is 0 Å². The molecule has 0 radical (unpaired) electrons. The maximum atomic E-state index is 12.3. The Balaban J connectivity index is 1.62. The highest BCUT2D eigenvalue weighted by molar-refractivity contribution is 5.81. The van der Waals surface area contributed by atoms with E-state index in [0.717, 1.165) is 36.3 Å².